The molecule has 4 aromatic rings. The second-order valence-corrected chi connectivity index (χ2v) is 7.99. The van der Waals surface area contributed by atoms with Gasteiger partial charge in [-0.15, -0.1) is 0 Å². The van der Waals surface area contributed by atoms with E-state index in [0.29, 0.717) is 23.5 Å². The molecule has 0 saturated carbocycles. The van der Waals surface area contributed by atoms with E-state index in [4.69, 9.17) is 9.84 Å². The van der Waals surface area contributed by atoms with E-state index in [9.17, 15) is 18.4 Å². The van der Waals surface area contributed by atoms with Crippen LogP contribution >= 0.6 is 0 Å². The number of hydrogen-bond donors (Lipinski definition) is 2. The first kappa shape index (κ1) is 23.9. The van der Waals surface area contributed by atoms with Crippen LogP contribution in [0.1, 0.15) is 39.3 Å². The molecule has 180 valence electrons. The Kier molecular flexibility index (Phi) is 7.05. The fourth-order valence-corrected chi connectivity index (χ4v) is 3.70. The number of halogens is 2. The molecule has 0 atom stereocenters. The zero-order chi connectivity index (χ0) is 24.9. The molecule has 2 N–H and O–H groups in total. The molecule has 0 bridgehead atoms. The van der Waals surface area contributed by atoms with E-state index >= 15 is 0 Å². The molecule has 0 spiro atoms. The quantitative estimate of drug-likeness (QED) is 0.370. The van der Waals surface area contributed by atoms with Gasteiger partial charge in [-0.3, -0.25) is 14.0 Å². The van der Waals surface area contributed by atoms with Crippen molar-refractivity contribution in [2.24, 2.45) is 0 Å². The summed E-state index contributed by atoms with van der Waals surface area (Å²) < 4.78 is 35.1. The van der Waals surface area contributed by atoms with Crippen LogP contribution in [0.3, 0.4) is 0 Å². The van der Waals surface area contributed by atoms with Crippen molar-refractivity contribution in [1.82, 2.24) is 14.7 Å². The van der Waals surface area contributed by atoms with E-state index in [0.717, 1.165) is 23.3 Å². The molecular formula is C26H23F2N3O4. The van der Waals surface area contributed by atoms with E-state index in [1.165, 1.54) is 6.07 Å². The van der Waals surface area contributed by atoms with E-state index in [1.807, 2.05) is 24.3 Å². The second kappa shape index (κ2) is 10.3. The van der Waals surface area contributed by atoms with Gasteiger partial charge in [0.1, 0.15) is 23.9 Å². The average molecular weight is 479 g/mol. The molecule has 0 unspecified atom stereocenters. The Morgan fingerprint density at radius 2 is 1.71 bits per heavy atom. The van der Waals surface area contributed by atoms with Crippen molar-refractivity contribution >= 4 is 17.5 Å². The third-order valence-corrected chi connectivity index (χ3v) is 5.54. The van der Waals surface area contributed by atoms with Crippen LogP contribution in [-0.2, 0) is 24.4 Å². The summed E-state index contributed by atoms with van der Waals surface area (Å²) in [5.74, 6) is -2.31. The minimum absolute atomic E-state index is 0.0601. The summed E-state index contributed by atoms with van der Waals surface area (Å²) in [4.78, 5) is 28.1. The Bertz CT molecular complexity index is 1360. The summed E-state index contributed by atoms with van der Waals surface area (Å²) in [6.45, 7) is 1.64. The maximum absolute atomic E-state index is 13.9. The van der Waals surface area contributed by atoms with Crippen LogP contribution in [0.15, 0.2) is 60.8 Å². The molecule has 4 rings (SSSR count). The highest BCUT2D eigenvalue weighted by atomic mass is 19.1. The van der Waals surface area contributed by atoms with Crippen molar-refractivity contribution in [2.45, 2.75) is 32.9 Å². The van der Waals surface area contributed by atoms with Gasteiger partial charge >= 0.3 is 5.97 Å². The van der Waals surface area contributed by atoms with E-state index in [2.05, 4.69) is 10.3 Å². The minimum atomic E-state index is -0.849. The number of imidazole rings is 1. The lowest BCUT2D eigenvalue weighted by atomic mass is 10.1. The number of fused-ring (bicyclic) bond motifs is 1. The number of carbonyl (C=O) groups excluding carboxylic acids is 1. The minimum Gasteiger partial charge on any atom is -0.485 e. The molecule has 2 heterocycles. The highest BCUT2D eigenvalue weighted by molar-refractivity contribution is 5.95. The summed E-state index contributed by atoms with van der Waals surface area (Å²) in [6, 6.07) is 14.2. The molecule has 0 aliphatic carbocycles. The number of benzene rings is 2. The molecule has 1 amide bonds. The van der Waals surface area contributed by atoms with Crippen LogP contribution in [0.2, 0.25) is 0 Å². The van der Waals surface area contributed by atoms with Gasteiger partial charge < -0.3 is 15.2 Å². The fourth-order valence-electron chi connectivity index (χ4n) is 3.70. The van der Waals surface area contributed by atoms with Gasteiger partial charge in [-0.05, 0) is 48.7 Å². The Morgan fingerprint density at radius 3 is 2.40 bits per heavy atom. The Morgan fingerprint density at radius 1 is 1.03 bits per heavy atom. The number of aryl methyl sites for hydroxylation is 2. The number of ether oxygens (including phenoxy) is 1. The highest BCUT2D eigenvalue weighted by Crippen LogP contribution is 2.24. The number of carboxylic acids is 1. The Hall–Kier alpha value is -4.27. The predicted octanol–water partition coefficient (Wildman–Crippen LogP) is 4.45. The molecule has 0 saturated heterocycles. The standard InChI is InChI=1S/C26H23F2N3O4/c1-16-24(26(34)29-14-18-9-7-17(8-10-18)11-12-23(32)33)31-13-3-6-22(25(31)30-16)35-15-19-20(27)4-2-5-21(19)28/h2-10,13H,11-12,14-15H2,1H3,(H,29,34)(H,32,33). The lowest BCUT2D eigenvalue weighted by molar-refractivity contribution is -0.136. The highest BCUT2D eigenvalue weighted by Gasteiger charge is 2.19. The number of nitrogens with zero attached hydrogens (tertiary/aromatic N) is 2. The predicted molar refractivity (Wildman–Crippen MR) is 124 cm³/mol. The molecule has 2 aromatic carbocycles. The molecule has 0 radical (unpaired) electrons. The number of nitrogens with one attached hydrogen (secondary N) is 1. The Balaban J connectivity index is 1.47. The molecule has 35 heavy (non-hydrogen) atoms. The summed E-state index contributed by atoms with van der Waals surface area (Å²) in [7, 11) is 0. The van der Waals surface area contributed by atoms with E-state index < -0.39 is 17.6 Å². The van der Waals surface area contributed by atoms with Gasteiger partial charge in [0.15, 0.2) is 11.4 Å². The monoisotopic (exact) mass is 479 g/mol. The molecule has 0 aliphatic rings. The number of hydrogen-bond acceptors (Lipinski definition) is 4. The number of carbonyl (C=O) groups is 2. The maximum atomic E-state index is 13.9. The van der Waals surface area contributed by atoms with Crippen LogP contribution in [0, 0.1) is 18.6 Å². The lowest BCUT2D eigenvalue weighted by Gasteiger charge is -2.10. The average Bonchev–Trinajstić information content (AvgIpc) is 3.18. The largest absolute Gasteiger partial charge is 0.485 e. The number of aromatic nitrogens is 2. The van der Waals surface area contributed by atoms with Crippen molar-refractivity contribution in [3.05, 3.63) is 101 Å². The first-order valence-electron chi connectivity index (χ1n) is 10.9. The summed E-state index contributed by atoms with van der Waals surface area (Å²) in [5, 5.41) is 11.7. The maximum Gasteiger partial charge on any atom is 0.303 e. The van der Waals surface area contributed by atoms with Crippen molar-refractivity contribution in [2.75, 3.05) is 0 Å². The fraction of sp³-hybridized carbons (Fsp3) is 0.192. The summed E-state index contributed by atoms with van der Waals surface area (Å²) >= 11 is 0. The van der Waals surface area contributed by atoms with Crippen molar-refractivity contribution in [3.8, 4) is 5.75 Å². The lowest BCUT2D eigenvalue weighted by Crippen LogP contribution is -2.25. The molecule has 0 aliphatic heterocycles. The van der Waals surface area contributed by atoms with Crippen molar-refractivity contribution in [3.63, 3.8) is 0 Å². The van der Waals surface area contributed by atoms with Gasteiger partial charge in [-0.1, -0.05) is 30.3 Å². The molecule has 2 aromatic heterocycles. The number of amides is 1. The third kappa shape index (κ3) is 5.46. The first-order chi connectivity index (χ1) is 16.8. The summed E-state index contributed by atoms with van der Waals surface area (Å²) in [5.41, 5.74) is 2.72. The third-order valence-electron chi connectivity index (χ3n) is 5.54. The first-order valence-corrected chi connectivity index (χ1v) is 10.9. The molecular weight excluding hydrogens is 456 g/mol. The van der Waals surface area contributed by atoms with Gasteiger partial charge in [0.25, 0.3) is 5.91 Å². The normalized spacial score (nSPS) is 10.9. The molecule has 0 fully saturated rings. The van der Waals surface area contributed by atoms with Gasteiger partial charge in [-0.25, -0.2) is 13.8 Å². The van der Waals surface area contributed by atoms with Crippen LogP contribution in [0.5, 0.6) is 5.75 Å². The SMILES string of the molecule is Cc1nc2c(OCc3c(F)cccc3F)cccn2c1C(=O)NCc1ccc(CCC(=O)O)cc1. The van der Waals surface area contributed by atoms with Crippen LogP contribution in [0.25, 0.3) is 5.65 Å². The number of pyridine rings is 1. The van der Waals surface area contributed by atoms with E-state index in [-0.39, 0.29) is 36.8 Å². The number of rotatable bonds is 9. The van der Waals surface area contributed by atoms with Crippen LogP contribution < -0.4 is 10.1 Å². The number of carboxylic acid groups (broad SMARTS) is 1. The van der Waals surface area contributed by atoms with Crippen LogP contribution in [-0.4, -0.2) is 26.4 Å². The van der Waals surface area contributed by atoms with Gasteiger partial charge in [0, 0.05) is 19.2 Å². The zero-order valence-corrected chi connectivity index (χ0v) is 18.9. The van der Waals surface area contributed by atoms with E-state index in [1.54, 1.807) is 29.7 Å². The van der Waals surface area contributed by atoms with Gasteiger partial charge in [-0.2, -0.15) is 0 Å². The molecule has 7 nitrogen and oxygen atoms in total. The van der Waals surface area contributed by atoms with Crippen LogP contribution in [0.4, 0.5) is 8.78 Å². The van der Waals surface area contributed by atoms with Gasteiger partial charge in [0.2, 0.25) is 0 Å². The number of aliphatic carboxylic acids is 1. The van der Waals surface area contributed by atoms with Crippen molar-refractivity contribution in [1.29, 1.82) is 0 Å². The molecule has 9 heteroatoms. The Labute approximate surface area is 200 Å². The summed E-state index contributed by atoms with van der Waals surface area (Å²) in [6.07, 6.45) is 2.17. The second-order valence-electron chi connectivity index (χ2n) is 7.99. The van der Waals surface area contributed by atoms with Gasteiger partial charge in [0.05, 0.1) is 11.3 Å². The van der Waals surface area contributed by atoms with Crippen molar-refractivity contribution < 1.29 is 28.2 Å². The smallest absolute Gasteiger partial charge is 0.303 e. The topological polar surface area (TPSA) is 92.9 Å². The zero-order valence-electron chi connectivity index (χ0n) is 18.9.